The molecule has 9 heteroatoms. The van der Waals surface area contributed by atoms with Crippen LogP contribution in [0.25, 0.3) is 11.3 Å². The molecule has 0 saturated heterocycles. The quantitative estimate of drug-likeness (QED) is 0.682. The minimum Gasteiger partial charge on any atom is -0.490 e. The lowest BCUT2D eigenvalue weighted by molar-refractivity contribution is 0.102. The molecule has 1 N–H and O–H groups in total. The maximum absolute atomic E-state index is 14.2. The van der Waals surface area contributed by atoms with Crippen molar-refractivity contribution in [3.05, 3.63) is 58.7 Å². The maximum atomic E-state index is 14.2. The number of benzene rings is 2. The number of aryl methyl sites for hydroxylation is 1. The van der Waals surface area contributed by atoms with Crippen LogP contribution in [0, 0.1) is 11.6 Å². The highest BCUT2D eigenvalue weighted by molar-refractivity contribution is 6.34. The minimum atomic E-state index is -0.814. The topological polar surface area (TPSA) is 65.4 Å². The Labute approximate surface area is 170 Å². The molecule has 0 atom stereocenters. The van der Waals surface area contributed by atoms with Gasteiger partial charge in [-0.1, -0.05) is 11.6 Å². The SMILES string of the molecule is Cn1cc(C(=O)Nc2cc3c(cc2Cl)OCCCO3)c(-c2ccc(F)cc2F)n1. The number of aromatic nitrogens is 2. The second kappa shape index (κ2) is 7.71. The van der Waals surface area contributed by atoms with E-state index in [1.165, 1.54) is 16.9 Å². The van der Waals surface area contributed by atoms with Crippen LogP contribution >= 0.6 is 11.6 Å². The fourth-order valence-corrected chi connectivity index (χ4v) is 3.21. The van der Waals surface area contributed by atoms with E-state index < -0.39 is 17.5 Å². The van der Waals surface area contributed by atoms with Gasteiger partial charge in [0, 0.05) is 43.4 Å². The fourth-order valence-electron chi connectivity index (χ4n) is 3.00. The van der Waals surface area contributed by atoms with Gasteiger partial charge >= 0.3 is 0 Å². The van der Waals surface area contributed by atoms with Crippen molar-refractivity contribution in [2.24, 2.45) is 7.05 Å². The first kappa shape index (κ1) is 19.2. The highest BCUT2D eigenvalue weighted by Gasteiger charge is 2.22. The second-order valence-electron chi connectivity index (χ2n) is 6.47. The summed E-state index contributed by atoms with van der Waals surface area (Å²) < 4.78 is 40.0. The molecular formula is C20H16ClF2N3O3. The van der Waals surface area contributed by atoms with Crippen molar-refractivity contribution in [1.29, 1.82) is 0 Å². The Hall–Kier alpha value is -3.13. The number of fused-ring (bicyclic) bond motifs is 1. The van der Waals surface area contributed by atoms with Gasteiger partial charge in [0.25, 0.3) is 5.91 Å². The average Bonchev–Trinajstić information content (AvgIpc) is 2.91. The van der Waals surface area contributed by atoms with Gasteiger partial charge in [0.05, 0.1) is 29.5 Å². The molecule has 1 amide bonds. The molecule has 150 valence electrons. The Morgan fingerprint density at radius 2 is 1.90 bits per heavy atom. The van der Waals surface area contributed by atoms with E-state index in [0.29, 0.717) is 30.4 Å². The summed E-state index contributed by atoms with van der Waals surface area (Å²) in [5, 5.41) is 7.11. The van der Waals surface area contributed by atoms with Crippen molar-refractivity contribution in [2.75, 3.05) is 18.5 Å². The number of halogens is 3. The first-order chi connectivity index (χ1) is 13.9. The van der Waals surface area contributed by atoms with Crippen molar-refractivity contribution in [3.8, 4) is 22.8 Å². The van der Waals surface area contributed by atoms with E-state index in [2.05, 4.69) is 10.4 Å². The van der Waals surface area contributed by atoms with Gasteiger partial charge in [-0.25, -0.2) is 8.78 Å². The predicted molar refractivity (Wildman–Crippen MR) is 104 cm³/mol. The van der Waals surface area contributed by atoms with Crippen LogP contribution in [0.5, 0.6) is 11.5 Å². The monoisotopic (exact) mass is 419 g/mol. The smallest absolute Gasteiger partial charge is 0.259 e. The number of hydrogen-bond donors (Lipinski definition) is 1. The number of rotatable bonds is 3. The minimum absolute atomic E-state index is 0.0157. The van der Waals surface area contributed by atoms with Crippen LogP contribution < -0.4 is 14.8 Å². The molecule has 1 aliphatic rings. The molecule has 1 aliphatic heterocycles. The van der Waals surface area contributed by atoms with Crippen LogP contribution in [0.15, 0.2) is 36.5 Å². The number of ether oxygens (including phenoxy) is 2. The number of anilines is 1. The summed E-state index contributed by atoms with van der Waals surface area (Å²) in [6.07, 6.45) is 2.18. The van der Waals surface area contributed by atoms with E-state index in [-0.39, 0.29) is 21.8 Å². The van der Waals surface area contributed by atoms with Crippen molar-refractivity contribution < 1.29 is 23.0 Å². The van der Waals surface area contributed by atoms with Gasteiger partial charge in [-0.05, 0) is 12.1 Å². The molecule has 6 nitrogen and oxygen atoms in total. The average molecular weight is 420 g/mol. The number of carbonyl (C=O) groups excluding carboxylic acids is 1. The molecule has 0 saturated carbocycles. The standard InChI is InChI=1S/C20H16ClF2N3O3/c1-26-10-13(19(25-26)12-4-3-11(22)7-15(12)23)20(27)24-16-9-18-17(8-14(16)21)28-5-2-6-29-18/h3-4,7-10H,2,5-6H2,1H3,(H,24,27). The normalized spacial score (nSPS) is 13.1. The van der Waals surface area contributed by atoms with Gasteiger partial charge in [-0.3, -0.25) is 9.48 Å². The third-order valence-electron chi connectivity index (χ3n) is 4.35. The second-order valence-corrected chi connectivity index (χ2v) is 6.88. The Bertz CT molecular complexity index is 1100. The zero-order valence-electron chi connectivity index (χ0n) is 15.3. The molecule has 0 fully saturated rings. The van der Waals surface area contributed by atoms with E-state index in [4.69, 9.17) is 21.1 Å². The van der Waals surface area contributed by atoms with Crippen LogP contribution in [0.3, 0.4) is 0 Å². The third-order valence-corrected chi connectivity index (χ3v) is 4.66. The fraction of sp³-hybridized carbons (Fsp3) is 0.200. The summed E-state index contributed by atoms with van der Waals surface area (Å²) in [7, 11) is 1.60. The molecule has 2 aromatic carbocycles. The lowest BCUT2D eigenvalue weighted by Gasteiger charge is -2.12. The zero-order chi connectivity index (χ0) is 20.5. The summed E-state index contributed by atoms with van der Waals surface area (Å²) in [5.41, 5.74) is 0.534. The Kier molecular flexibility index (Phi) is 5.10. The van der Waals surface area contributed by atoms with E-state index >= 15 is 0 Å². The lowest BCUT2D eigenvalue weighted by Crippen LogP contribution is -2.13. The van der Waals surface area contributed by atoms with Gasteiger partial charge < -0.3 is 14.8 Å². The number of nitrogens with one attached hydrogen (secondary N) is 1. The maximum Gasteiger partial charge on any atom is 0.259 e. The summed E-state index contributed by atoms with van der Waals surface area (Å²) in [6.45, 7) is 0.996. The molecule has 1 aromatic heterocycles. The molecule has 3 aromatic rings. The van der Waals surface area contributed by atoms with Gasteiger partial charge in [0.2, 0.25) is 0 Å². The Balaban J connectivity index is 1.67. The Morgan fingerprint density at radius 1 is 1.17 bits per heavy atom. The molecule has 0 spiro atoms. The number of nitrogens with zero attached hydrogens (tertiary/aromatic N) is 2. The highest BCUT2D eigenvalue weighted by atomic mass is 35.5. The summed E-state index contributed by atoms with van der Waals surface area (Å²) in [4.78, 5) is 12.9. The summed E-state index contributed by atoms with van der Waals surface area (Å²) in [6, 6.07) is 6.24. The van der Waals surface area contributed by atoms with Crippen LogP contribution in [0.4, 0.5) is 14.5 Å². The lowest BCUT2D eigenvalue weighted by atomic mass is 10.1. The summed E-state index contributed by atoms with van der Waals surface area (Å²) in [5.74, 6) is -1.11. The molecule has 29 heavy (non-hydrogen) atoms. The van der Waals surface area contributed by atoms with E-state index in [9.17, 15) is 13.6 Å². The van der Waals surface area contributed by atoms with Crippen LogP contribution in [0.2, 0.25) is 5.02 Å². The van der Waals surface area contributed by atoms with Crippen LogP contribution in [-0.2, 0) is 7.05 Å². The molecule has 4 rings (SSSR count). The first-order valence-corrected chi connectivity index (χ1v) is 9.20. The molecular weight excluding hydrogens is 404 g/mol. The molecule has 0 bridgehead atoms. The van der Waals surface area contributed by atoms with Crippen molar-refractivity contribution >= 4 is 23.2 Å². The first-order valence-electron chi connectivity index (χ1n) is 8.82. The molecule has 2 heterocycles. The van der Waals surface area contributed by atoms with Crippen LogP contribution in [0.1, 0.15) is 16.8 Å². The molecule has 0 unspecified atom stereocenters. The zero-order valence-corrected chi connectivity index (χ0v) is 16.1. The van der Waals surface area contributed by atoms with E-state index in [1.54, 1.807) is 19.2 Å². The van der Waals surface area contributed by atoms with Crippen molar-refractivity contribution in [3.63, 3.8) is 0 Å². The third kappa shape index (κ3) is 3.88. The van der Waals surface area contributed by atoms with Gasteiger partial charge in [-0.2, -0.15) is 5.10 Å². The number of hydrogen-bond acceptors (Lipinski definition) is 4. The van der Waals surface area contributed by atoms with E-state index in [0.717, 1.165) is 18.6 Å². The largest absolute Gasteiger partial charge is 0.490 e. The number of amides is 1. The van der Waals surface area contributed by atoms with Gasteiger partial charge in [0.1, 0.15) is 17.3 Å². The van der Waals surface area contributed by atoms with Crippen molar-refractivity contribution in [1.82, 2.24) is 9.78 Å². The highest BCUT2D eigenvalue weighted by Crippen LogP contribution is 2.38. The molecule has 0 radical (unpaired) electrons. The van der Waals surface area contributed by atoms with E-state index in [1.807, 2.05) is 0 Å². The van der Waals surface area contributed by atoms with Crippen molar-refractivity contribution in [2.45, 2.75) is 6.42 Å². The van der Waals surface area contributed by atoms with Crippen LogP contribution in [-0.4, -0.2) is 28.9 Å². The number of carbonyl (C=O) groups is 1. The summed E-state index contributed by atoms with van der Waals surface area (Å²) >= 11 is 6.28. The predicted octanol–water partition coefficient (Wildman–Crippen LogP) is 4.43. The van der Waals surface area contributed by atoms with Gasteiger partial charge in [-0.15, -0.1) is 0 Å². The van der Waals surface area contributed by atoms with Gasteiger partial charge in [0.15, 0.2) is 11.5 Å². The Morgan fingerprint density at radius 3 is 2.62 bits per heavy atom. The molecule has 0 aliphatic carbocycles.